The summed E-state index contributed by atoms with van der Waals surface area (Å²) in [6.07, 6.45) is 5.46. The summed E-state index contributed by atoms with van der Waals surface area (Å²) < 4.78 is 8.31. The van der Waals surface area contributed by atoms with Gasteiger partial charge in [-0.3, -0.25) is 4.40 Å². The van der Waals surface area contributed by atoms with Crippen LogP contribution in [-0.4, -0.2) is 19.5 Å². The van der Waals surface area contributed by atoms with E-state index >= 15 is 0 Å². The van der Waals surface area contributed by atoms with Gasteiger partial charge in [-0.05, 0) is 40.2 Å². The van der Waals surface area contributed by atoms with Crippen molar-refractivity contribution in [2.24, 2.45) is 0 Å². The predicted octanol–water partition coefficient (Wildman–Crippen LogP) is 2.78. The normalized spacial score (nSPS) is 10.8. The molecule has 0 amide bonds. The second-order valence-electron chi connectivity index (χ2n) is 3.99. The average Bonchev–Trinajstić information content (AvgIpc) is 2.80. The highest BCUT2D eigenvalue weighted by Crippen LogP contribution is 2.17. The van der Waals surface area contributed by atoms with Gasteiger partial charge in [0, 0.05) is 18.6 Å². The molecule has 0 bridgehead atoms. The summed E-state index contributed by atoms with van der Waals surface area (Å²) in [6, 6.07) is 6.58. The van der Waals surface area contributed by atoms with Gasteiger partial charge in [0.1, 0.15) is 18.1 Å². The van der Waals surface area contributed by atoms with Crippen molar-refractivity contribution >= 4 is 21.7 Å². The van der Waals surface area contributed by atoms with Crippen molar-refractivity contribution < 1.29 is 9.84 Å². The van der Waals surface area contributed by atoms with E-state index in [2.05, 4.69) is 25.9 Å². The second kappa shape index (κ2) is 4.89. The fraction of sp³-hybridized carbons (Fsp3) is 0.0769. The highest BCUT2D eigenvalue weighted by Gasteiger charge is 2.04. The Morgan fingerprint density at radius 2 is 2.00 bits per heavy atom. The Labute approximate surface area is 117 Å². The maximum atomic E-state index is 9.18. The SMILES string of the molecule is Oc1ccc(OCc2cn3cc(Br)cnc3n2)cc1. The van der Waals surface area contributed by atoms with Crippen LogP contribution in [-0.2, 0) is 6.61 Å². The van der Waals surface area contributed by atoms with E-state index in [0.29, 0.717) is 18.1 Å². The van der Waals surface area contributed by atoms with Gasteiger partial charge in [0.2, 0.25) is 5.78 Å². The molecule has 0 radical (unpaired) electrons. The lowest BCUT2D eigenvalue weighted by molar-refractivity contribution is 0.301. The molecule has 0 saturated heterocycles. The first-order valence-electron chi connectivity index (χ1n) is 5.62. The average molecular weight is 320 g/mol. The van der Waals surface area contributed by atoms with Crippen LogP contribution in [0.3, 0.4) is 0 Å². The zero-order chi connectivity index (χ0) is 13.2. The standard InChI is InChI=1S/C13H10BrN3O2/c14-9-5-15-13-16-10(7-17(13)6-9)8-19-12-3-1-11(18)2-4-12/h1-7,18H,8H2. The van der Waals surface area contributed by atoms with Crippen LogP contribution in [0.4, 0.5) is 0 Å². The van der Waals surface area contributed by atoms with Crippen LogP contribution in [0, 0.1) is 0 Å². The van der Waals surface area contributed by atoms with Gasteiger partial charge in [-0.2, -0.15) is 0 Å². The van der Waals surface area contributed by atoms with E-state index in [4.69, 9.17) is 4.74 Å². The van der Waals surface area contributed by atoms with E-state index in [1.165, 1.54) is 0 Å². The van der Waals surface area contributed by atoms with Crippen LogP contribution >= 0.6 is 15.9 Å². The van der Waals surface area contributed by atoms with Gasteiger partial charge in [-0.15, -0.1) is 0 Å². The van der Waals surface area contributed by atoms with Gasteiger partial charge in [0.25, 0.3) is 0 Å². The number of nitrogens with zero attached hydrogens (tertiary/aromatic N) is 3. The lowest BCUT2D eigenvalue weighted by Gasteiger charge is -2.03. The molecule has 0 saturated carbocycles. The molecular weight excluding hydrogens is 310 g/mol. The topological polar surface area (TPSA) is 59.7 Å². The number of ether oxygens (including phenoxy) is 1. The summed E-state index contributed by atoms with van der Waals surface area (Å²) in [4.78, 5) is 8.53. The number of fused-ring (bicyclic) bond motifs is 1. The fourth-order valence-corrected chi connectivity index (χ4v) is 2.00. The molecule has 0 aliphatic rings. The monoisotopic (exact) mass is 319 g/mol. The maximum Gasteiger partial charge on any atom is 0.234 e. The van der Waals surface area contributed by atoms with Crippen LogP contribution in [0.1, 0.15) is 5.69 Å². The third-order valence-electron chi connectivity index (χ3n) is 2.55. The lowest BCUT2D eigenvalue weighted by atomic mass is 10.3. The van der Waals surface area contributed by atoms with Gasteiger partial charge in [0.05, 0.1) is 10.2 Å². The summed E-state index contributed by atoms with van der Waals surface area (Å²) in [6.45, 7) is 0.353. The van der Waals surface area contributed by atoms with Crippen molar-refractivity contribution in [3.8, 4) is 11.5 Å². The Balaban J connectivity index is 1.76. The number of imidazole rings is 1. The zero-order valence-electron chi connectivity index (χ0n) is 9.82. The lowest BCUT2D eigenvalue weighted by Crippen LogP contribution is -1.95. The van der Waals surface area contributed by atoms with Crippen molar-refractivity contribution in [1.29, 1.82) is 0 Å². The van der Waals surface area contributed by atoms with Gasteiger partial charge in [0.15, 0.2) is 0 Å². The Morgan fingerprint density at radius 3 is 2.79 bits per heavy atom. The number of rotatable bonds is 3. The molecule has 2 heterocycles. The number of phenolic OH excluding ortho intramolecular Hbond substituents is 1. The summed E-state index contributed by atoms with van der Waals surface area (Å²) in [5.41, 5.74) is 0.790. The molecule has 1 aromatic carbocycles. The van der Waals surface area contributed by atoms with Gasteiger partial charge < -0.3 is 9.84 Å². The van der Waals surface area contributed by atoms with Crippen LogP contribution in [0.15, 0.2) is 47.3 Å². The molecule has 5 nitrogen and oxygen atoms in total. The molecule has 0 spiro atoms. The molecule has 0 fully saturated rings. The minimum Gasteiger partial charge on any atom is -0.508 e. The minimum absolute atomic E-state index is 0.217. The number of benzene rings is 1. The summed E-state index contributed by atoms with van der Waals surface area (Å²) in [5.74, 6) is 1.53. The quantitative estimate of drug-likeness (QED) is 0.806. The van der Waals surface area contributed by atoms with Crippen LogP contribution in [0.5, 0.6) is 11.5 Å². The maximum absolute atomic E-state index is 9.18. The molecule has 2 aromatic heterocycles. The van der Waals surface area contributed by atoms with Gasteiger partial charge in [-0.1, -0.05) is 0 Å². The smallest absolute Gasteiger partial charge is 0.234 e. The molecule has 6 heteroatoms. The molecule has 19 heavy (non-hydrogen) atoms. The number of phenols is 1. The molecule has 0 aliphatic carbocycles. The van der Waals surface area contributed by atoms with E-state index in [1.54, 1.807) is 30.5 Å². The molecule has 1 N–H and O–H groups in total. The molecule has 0 aliphatic heterocycles. The molecule has 0 unspecified atom stereocenters. The van der Waals surface area contributed by atoms with Crippen LogP contribution in [0.25, 0.3) is 5.78 Å². The summed E-state index contributed by atoms with van der Waals surface area (Å²) in [7, 11) is 0. The van der Waals surface area contributed by atoms with Crippen LogP contribution in [0.2, 0.25) is 0 Å². The molecule has 3 aromatic rings. The first-order chi connectivity index (χ1) is 9.20. The van der Waals surface area contributed by atoms with Crippen molar-refractivity contribution in [3.63, 3.8) is 0 Å². The Kier molecular flexibility index (Phi) is 3.08. The number of hydrogen-bond acceptors (Lipinski definition) is 4. The van der Waals surface area contributed by atoms with E-state index in [9.17, 15) is 5.11 Å². The third-order valence-corrected chi connectivity index (χ3v) is 2.96. The molecule has 0 atom stereocenters. The highest BCUT2D eigenvalue weighted by atomic mass is 79.9. The first-order valence-corrected chi connectivity index (χ1v) is 6.41. The number of aromatic nitrogens is 3. The van der Waals surface area contributed by atoms with E-state index in [0.717, 1.165) is 10.2 Å². The minimum atomic E-state index is 0.217. The van der Waals surface area contributed by atoms with Crippen LogP contribution < -0.4 is 4.74 Å². The van der Waals surface area contributed by atoms with Crippen molar-refractivity contribution in [3.05, 3.63) is 53.0 Å². The van der Waals surface area contributed by atoms with Gasteiger partial charge >= 0.3 is 0 Å². The first kappa shape index (κ1) is 12.0. The molecule has 96 valence electrons. The summed E-state index contributed by atoms with van der Waals surface area (Å²) >= 11 is 3.36. The number of hydrogen-bond donors (Lipinski definition) is 1. The Bertz CT molecular complexity index is 709. The fourth-order valence-electron chi connectivity index (χ4n) is 1.68. The highest BCUT2D eigenvalue weighted by molar-refractivity contribution is 9.10. The van der Waals surface area contributed by atoms with Crippen molar-refractivity contribution in [1.82, 2.24) is 14.4 Å². The van der Waals surface area contributed by atoms with E-state index < -0.39 is 0 Å². The zero-order valence-corrected chi connectivity index (χ0v) is 11.4. The predicted molar refractivity (Wildman–Crippen MR) is 73.1 cm³/mol. The van der Waals surface area contributed by atoms with Crippen molar-refractivity contribution in [2.75, 3.05) is 0 Å². The third kappa shape index (κ3) is 2.68. The van der Waals surface area contributed by atoms with E-state index in [1.807, 2.05) is 16.8 Å². The summed E-state index contributed by atoms with van der Waals surface area (Å²) in [5, 5.41) is 9.18. The largest absolute Gasteiger partial charge is 0.508 e. The van der Waals surface area contributed by atoms with Gasteiger partial charge in [-0.25, -0.2) is 9.97 Å². The molecule has 3 rings (SSSR count). The number of halogens is 1. The second-order valence-corrected chi connectivity index (χ2v) is 4.91. The molecular formula is C13H10BrN3O2. The Hall–Kier alpha value is -2.08. The Morgan fingerprint density at radius 1 is 1.21 bits per heavy atom. The number of aromatic hydroxyl groups is 1. The van der Waals surface area contributed by atoms with Crippen molar-refractivity contribution in [2.45, 2.75) is 6.61 Å². The van der Waals surface area contributed by atoms with E-state index in [-0.39, 0.29) is 5.75 Å².